The predicted octanol–water partition coefficient (Wildman–Crippen LogP) is 2.03. The lowest BCUT2D eigenvalue weighted by Gasteiger charge is -2.40. The van der Waals surface area contributed by atoms with Crippen LogP contribution >= 0.6 is 0 Å². The molecule has 0 aliphatic carbocycles. The molecule has 0 aromatic heterocycles. The van der Waals surface area contributed by atoms with E-state index in [2.05, 4.69) is 10.2 Å². The van der Waals surface area contributed by atoms with E-state index in [-0.39, 0.29) is 0 Å². The Morgan fingerprint density at radius 3 is 2.29 bits per heavy atom. The first-order chi connectivity index (χ1) is 9.83. The van der Waals surface area contributed by atoms with Crippen molar-refractivity contribution in [3.8, 4) is 0 Å². The van der Waals surface area contributed by atoms with Crippen LogP contribution in [0.5, 0.6) is 0 Å². The fourth-order valence-electron chi connectivity index (χ4n) is 3.01. The summed E-state index contributed by atoms with van der Waals surface area (Å²) in [5, 5.41) is 3.25. The van der Waals surface area contributed by atoms with E-state index >= 15 is 0 Å². The molecule has 1 atom stereocenters. The molecular weight excluding hydrogens is 272 g/mol. The number of hydrogen-bond acceptors (Lipinski definition) is 6. The number of carbonyl (C=O) groups excluding carboxylic acids is 2. The highest BCUT2D eigenvalue weighted by Crippen LogP contribution is 2.29. The van der Waals surface area contributed by atoms with E-state index in [0.29, 0.717) is 6.42 Å². The SMILES string of the molecule is CC(C)(C)OC(=O)OC(=O)[C@]1(N2CCCCC2)CCCN1. The molecule has 0 bridgehead atoms. The third-order valence-electron chi connectivity index (χ3n) is 3.93. The minimum Gasteiger partial charge on any atom is -0.428 e. The Kier molecular flexibility index (Phi) is 4.88. The molecule has 6 heteroatoms. The second-order valence-corrected chi connectivity index (χ2v) is 6.79. The molecule has 21 heavy (non-hydrogen) atoms. The summed E-state index contributed by atoms with van der Waals surface area (Å²) in [6.45, 7) is 7.71. The maximum absolute atomic E-state index is 12.5. The number of ether oxygens (including phenoxy) is 2. The van der Waals surface area contributed by atoms with Crippen molar-refractivity contribution < 1.29 is 19.1 Å². The van der Waals surface area contributed by atoms with Gasteiger partial charge in [-0.1, -0.05) is 6.42 Å². The zero-order valence-corrected chi connectivity index (χ0v) is 13.2. The Morgan fingerprint density at radius 2 is 1.76 bits per heavy atom. The van der Waals surface area contributed by atoms with Gasteiger partial charge in [0, 0.05) is 13.1 Å². The van der Waals surface area contributed by atoms with Gasteiger partial charge in [-0.2, -0.15) is 0 Å². The summed E-state index contributed by atoms with van der Waals surface area (Å²) >= 11 is 0. The van der Waals surface area contributed by atoms with Crippen molar-refractivity contribution in [1.82, 2.24) is 10.2 Å². The third-order valence-corrected chi connectivity index (χ3v) is 3.93. The quantitative estimate of drug-likeness (QED) is 0.621. The second kappa shape index (κ2) is 6.32. The highest BCUT2D eigenvalue weighted by molar-refractivity contribution is 5.89. The number of likely N-dealkylation sites (tertiary alicyclic amines) is 1. The van der Waals surface area contributed by atoms with Crippen LogP contribution < -0.4 is 5.32 Å². The lowest BCUT2D eigenvalue weighted by atomic mass is 10.0. The van der Waals surface area contributed by atoms with Crippen molar-refractivity contribution in [1.29, 1.82) is 0 Å². The van der Waals surface area contributed by atoms with Crippen LogP contribution in [0.25, 0.3) is 0 Å². The molecule has 2 heterocycles. The minimum atomic E-state index is -0.919. The Bertz CT molecular complexity index is 391. The van der Waals surface area contributed by atoms with Crippen molar-refractivity contribution >= 4 is 12.1 Å². The molecule has 0 aromatic carbocycles. The van der Waals surface area contributed by atoms with E-state index in [9.17, 15) is 9.59 Å². The van der Waals surface area contributed by atoms with Gasteiger partial charge in [-0.05, 0) is 53.0 Å². The number of piperidine rings is 1. The van der Waals surface area contributed by atoms with Crippen LogP contribution in [0.3, 0.4) is 0 Å². The standard InChI is InChI=1S/C15H26N2O4/c1-14(2,3)21-13(19)20-12(18)15(8-7-9-16-15)17-10-5-4-6-11-17/h16H,4-11H2,1-3H3/t15-/m1/s1. The molecular formula is C15H26N2O4. The van der Waals surface area contributed by atoms with Gasteiger partial charge in [0.25, 0.3) is 0 Å². The molecule has 2 saturated heterocycles. The van der Waals surface area contributed by atoms with Crippen LogP contribution in [0.1, 0.15) is 52.9 Å². The van der Waals surface area contributed by atoms with Gasteiger partial charge < -0.3 is 9.47 Å². The topological polar surface area (TPSA) is 67.9 Å². The van der Waals surface area contributed by atoms with E-state index in [1.54, 1.807) is 20.8 Å². The van der Waals surface area contributed by atoms with E-state index in [1.165, 1.54) is 6.42 Å². The van der Waals surface area contributed by atoms with Crippen LogP contribution in [0.2, 0.25) is 0 Å². The Morgan fingerprint density at radius 1 is 1.10 bits per heavy atom. The van der Waals surface area contributed by atoms with Gasteiger partial charge >= 0.3 is 12.1 Å². The molecule has 0 amide bonds. The normalized spacial score (nSPS) is 27.4. The molecule has 6 nitrogen and oxygen atoms in total. The summed E-state index contributed by atoms with van der Waals surface area (Å²) in [4.78, 5) is 26.4. The van der Waals surface area contributed by atoms with E-state index in [4.69, 9.17) is 9.47 Å². The Labute approximate surface area is 126 Å². The van der Waals surface area contributed by atoms with Gasteiger partial charge in [0.05, 0.1) is 0 Å². The van der Waals surface area contributed by atoms with Crippen molar-refractivity contribution in [2.24, 2.45) is 0 Å². The fraction of sp³-hybridized carbons (Fsp3) is 0.867. The highest BCUT2D eigenvalue weighted by Gasteiger charge is 2.49. The zero-order chi connectivity index (χ0) is 15.5. The molecule has 0 radical (unpaired) electrons. The second-order valence-electron chi connectivity index (χ2n) is 6.79. The third kappa shape index (κ3) is 3.95. The predicted molar refractivity (Wildman–Crippen MR) is 77.7 cm³/mol. The summed E-state index contributed by atoms with van der Waals surface area (Å²) in [5.41, 5.74) is -1.52. The minimum absolute atomic E-state index is 0.531. The summed E-state index contributed by atoms with van der Waals surface area (Å²) in [6, 6.07) is 0. The first kappa shape index (κ1) is 16.2. The molecule has 2 aliphatic rings. The highest BCUT2D eigenvalue weighted by atomic mass is 16.7. The smallest absolute Gasteiger partial charge is 0.428 e. The zero-order valence-electron chi connectivity index (χ0n) is 13.2. The maximum atomic E-state index is 12.5. The number of nitrogens with one attached hydrogen (secondary N) is 1. The van der Waals surface area contributed by atoms with Crippen LogP contribution in [0.15, 0.2) is 0 Å². The van der Waals surface area contributed by atoms with Gasteiger partial charge in [0.15, 0.2) is 5.66 Å². The van der Waals surface area contributed by atoms with Crippen molar-refractivity contribution in [3.63, 3.8) is 0 Å². The molecule has 0 saturated carbocycles. The molecule has 2 rings (SSSR count). The molecule has 1 N–H and O–H groups in total. The summed E-state index contributed by atoms with van der Waals surface area (Å²) in [6.07, 6.45) is 3.99. The number of nitrogens with zero attached hydrogens (tertiary/aromatic N) is 1. The van der Waals surface area contributed by atoms with E-state index in [0.717, 1.165) is 38.9 Å². The average molecular weight is 298 g/mol. The summed E-state index contributed by atoms with van der Waals surface area (Å²) in [5.74, 6) is -0.531. The number of hydrogen-bond donors (Lipinski definition) is 1. The van der Waals surface area contributed by atoms with Gasteiger partial charge in [-0.25, -0.2) is 9.59 Å². The largest absolute Gasteiger partial charge is 0.516 e. The maximum Gasteiger partial charge on any atom is 0.516 e. The number of rotatable bonds is 2. The Hall–Kier alpha value is -1.14. The van der Waals surface area contributed by atoms with E-state index < -0.39 is 23.4 Å². The molecule has 2 fully saturated rings. The van der Waals surface area contributed by atoms with Crippen molar-refractivity contribution in [3.05, 3.63) is 0 Å². The van der Waals surface area contributed by atoms with Gasteiger partial charge in [0.2, 0.25) is 0 Å². The fourth-order valence-corrected chi connectivity index (χ4v) is 3.01. The molecule has 120 valence electrons. The van der Waals surface area contributed by atoms with Gasteiger partial charge in [0.1, 0.15) is 5.60 Å². The van der Waals surface area contributed by atoms with Crippen molar-refractivity contribution in [2.75, 3.05) is 19.6 Å². The average Bonchev–Trinajstić information content (AvgIpc) is 2.88. The number of esters is 1. The Balaban J connectivity index is 2.04. The lowest BCUT2D eigenvalue weighted by molar-refractivity contribution is -0.158. The van der Waals surface area contributed by atoms with Crippen LogP contribution in [0.4, 0.5) is 4.79 Å². The van der Waals surface area contributed by atoms with Crippen LogP contribution in [-0.2, 0) is 14.3 Å². The first-order valence-electron chi connectivity index (χ1n) is 7.79. The number of carbonyl (C=O) groups is 2. The molecule has 2 aliphatic heterocycles. The van der Waals surface area contributed by atoms with Crippen LogP contribution in [-0.4, -0.2) is 47.9 Å². The summed E-state index contributed by atoms with van der Waals surface area (Å²) < 4.78 is 10.0. The van der Waals surface area contributed by atoms with Crippen LogP contribution in [0, 0.1) is 0 Å². The lowest BCUT2D eigenvalue weighted by Crippen LogP contribution is -2.63. The monoisotopic (exact) mass is 298 g/mol. The first-order valence-corrected chi connectivity index (χ1v) is 7.79. The van der Waals surface area contributed by atoms with Crippen molar-refractivity contribution in [2.45, 2.75) is 64.1 Å². The van der Waals surface area contributed by atoms with E-state index in [1.807, 2.05) is 0 Å². The molecule has 0 aromatic rings. The molecule has 0 spiro atoms. The summed E-state index contributed by atoms with van der Waals surface area (Å²) in [7, 11) is 0. The van der Waals surface area contributed by atoms with Gasteiger partial charge in [-0.3, -0.25) is 10.2 Å². The van der Waals surface area contributed by atoms with Gasteiger partial charge in [-0.15, -0.1) is 0 Å². The molecule has 0 unspecified atom stereocenters.